The third-order valence-corrected chi connectivity index (χ3v) is 7.57. The molecule has 1 aromatic carbocycles. The van der Waals surface area contributed by atoms with Crippen LogP contribution in [0.5, 0.6) is 0 Å². The normalized spacial score (nSPS) is 19.7. The van der Waals surface area contributed by atoms with E-state index in [9.17, 15) is 9.00 Å². The topological polar surface area (TPSA) is 101 Å². The van der Waals surface area contributed by atoms with Crippen molar-refractivity contribution in [3.63, 3.8) is 0 Å². The van der Waals surface area contributed by atoms with Crippen molar-refractivity contribution in [1.82, 2.24) is 19.4 Å². The van der Waals surface area contributed by atoms with Crippen LogP contribution in [0.4, 0.5) is 11.6 Å². The van der Waals surface area contributed by atoms with Crippen molar-refractivity contribution in [1.29, 1.82) is 0 Å². The number of carbonyl (C=O) groups excluding carboxylic acids is 1. The Balaban J connectivity index is 1.15. The number of fused-ring (bicyclic) bond motifs is 1. The van der Waals surface area contributed by atoms with E-state index in [0.717, 1.165) is 23.3 Å². The maximum atomic E-state index is 12.9. The van der Waals surface area contributed by atoms with Gasteiger partial charge in [-0.1, -0.05) is 29.8 Å². The molecule has 184 valence electrons. The molecule has 0 radical (unpaired) electrons. The molecular formula is C26H25ClN6O2S. The van der Waals surface area contributed by atoms with Crippen molar-refractivity contribution in [3.8, 4) is 0 Å². The average molecular weight is 521 g/mol. The number of aromatic nitrogens is 4. The van der Waals surface area contributed by atoms with Gasteiger partial charge in [-0.2, -0.15) is 0 Å². The number of anilines is 2. The van der Waals surface area contributed by atoms with Crippen molar-refractivity contribution in [3.05, 3.63) is 76.7 Å². The molecule has 0 bridgehead atoms. The molecule has 0 spiro atoms. The lowest BCUT2D eigenvalue weighted by Crippen LogP contribution is -2.17. The van der Waals surface area contributed by atoms with Crippen LogP contribution in [-0.2, 0) is 22.1 Å². The van der Waals surface area contributed by atoms with E-state index < -0.39 is 10.8 Å². The smallest absolute Gasteiger partial charge is 0.229 e. The van der Waals surface area contributed by atoms with Crippen LogP contribution < -0.4 is 10.6 Å². The number of halogens is 1. The van der Waals surface area contributed by atoms with E-state index in [1.165, 1.54) is 24.7 Å². The first-order chi connectivity index (χ1) is 17.4. The summed E-state index contributed by atoms with van der Waals surface area (Å²) in [5.74, 6) is 1.34. The molecule has 2 aliphatic carbocycles. The number of carbonyl (C=O) groups is 1. The fourth-order valence-corrected chi connectivity index (χ4v) is 5.16. The SMILES string of the molecule is CS(=O)c1nc(NCc2cn3cc(C4CC4)ccc3n2)cc(NC(=O)[C@H]2C[C@@H]2c2cccc(Cl)c2)n1. The highest BCUT2D eigenvalue weighted by molar-refractivity contribution is 7.84. The minimum Gasteiger partial charge on any atom is -0.364 e. The van der Waals surface area contributed by atoms with Crippen LogP contribution in [0.25, 0.3) is 5.65 Å². The van der Waals surface area contributed by atoms with Crippen LogP contribution in [0, 0.1) is 5.92 Å². The molecule has 4 aromatic rings. The van der Waals surface area contributed by atoms with Crippen molar-refractivity contribution in [2.24, 2.45) is 5.92 Å². The van der Waals surface area contributed by atoms with Gasteiger partial charge in [0.25, 0.3) is 0 Å². The molecule has 1 amide bonds. The number of imidazole rings is 1. The van der Waals surface area contributed by atoms with Gasteiger partial charge >= 0.3 is 0 Å². The van der Waals surface area contributed by atoms with Gasteiger partial charge < -0.3 is 15.0 Å². The zero-order chi connectivity index (χ0) is 24.8. The highest BCUT2D eigenvalue weighted by Crippen LogP contribution is 2.48. The fourth-order valence-electron chi connectivity index (χ4n) is 4.50. The summed E-state index contributed by atoms with van der Waals surface area (Å²) in [6, 6.07) is 13.5. The molecule has 2 fully saturated rings. The molecule has 0 aliphatic heterocycles. The summed E-state index contributed by atoms with van der Waals surface area (Å²) in [5, 5.41) is 6.93. The largest absolute Gasteiger partial charge is 0.364 e. The number of hydrogen-bond donors (Lipinski definition) is 2. The molecule has 10 heteroatoms. The summed E-state index contributed by atoms with van der Waals surface area (Å²) in [5.41, 5.74) is 4.15. The van der Waals surface area contributed by atoms with Crippen LogP contribution in [0.1, 0.15) is 47.9 Å². The lowest BCUT2D eigenvalue weighted by Gasteiger charge is -2.09. The monoisotopic (exact) mass is 520 g/mol. The summed E-state index contributed by atoms with van der Waals surface area (Å²) in [7, 11) is -1.41. The Morgan fingerprint density at radius 3 is 2.69 bits per heavy atom. The van der Waals surface area contributed by atoms with Crippen molar-refractivity contribution in [2.75, 3.05) is 16.9 Å². The Morgan fingerprint density at radius 2 is 1.92 bits per heavy atom. The van der Waals surface area contributed by atoms with E-state index in [1.54, 1.807) is 6.07 Å². The predicted octanol–water partition coefficient (Wildman–Crippen LogP) is 4.75. The minimum atomic E-state index is -1.41. The van der Waals surface area contributed by atoms with E-state index >= 15 is 0 Å². The Kier molecular flexibility index (Phi) is 5.97. The molecule has 0 saturated heterocycles. The summed E-state index contributed by atoms with van der Waals surface area (Å²) < 4.78 is 14.2. The number of benzene rings is 1. The molecular weight excluding hydrogens is 496 g/mol. The zero-order valence-electron chi connectivity index (χ0n) is 19.6. The summed E-state index contributed by atoms with van der Waals surface area (Å²) in [4.78, 5) is 26.2. The van der Waals surface area contributed by atoms with E-state index in [-0.39, 0.29) is 22.9 Å². The Labute approximate surface area is 216 Å². The molecule has 3 heterocycles. The van der Waals surface area contributed by atoms with Gasteiger partial charge in [-0.05, 0) is 60.4 Å². The first-order valence-corrected chi connectivity index (χ1v) is 13.9. The van der Waals surface area contributed by atoms with Crippen LogP contribution in [0.15, 0.2) is 60.0 Å². The molecule has 3 atom stereocenters. The molecule has 36 heavy (non-hydrogen) atoms. The lowest BCUT2D eigenvalue weighted by atomic mass is 10.1. The maximum absolute atomic E-state index is 12.9. The van der Waals surface area contributed by atoms with Gasteiger partial charge in [0.05, 0.1) is 23.0 Å². The third kappa shape index (κ3) is 4.99. The van der Waals surface area contributed by atoms with Gasteiger partial charge in [-0.25, -0.2) is 15.0 Å². The van der Waals surface area contributed by atoms with Crippen LogP contribution in [0.2, 0.25) is 5.02 Å². The summed E-state index contributed by atoms with van der Waals surface area (Å²) >= 11 is 6.10. The van der Waals surface area contributed by atoms with Gasteiger partial charge in [-0.15, -0.1) is 0 Å². The van der Waals surface area contributed by atoms with Crippen LogP contribution in [-0.4, -0.2) is 35.7 Å². The molecule has 2 N–H and O–H groups in total. The molecule has 2 saturated carbocycles. The molecule has 1 unspecified atom stereocenters. The highest BCUT2D eigenvalue weighted by Gasteiger charge is 2.44. The fraction of sp³-hybridized carbons (Fsp3) is 0.308. The van der Waals surface area contributed by atoms with E-state index in [1.807, 2.05) is 36.5 Å². The van der Waals surface area contributed by atoms with Gasteiger partial charge in [0.1, 0.15) is 17.3 Å². The van der Waals surface area contributed by atoms with Crippen molar-refractivity contribution in [2.45, 2.75) is 42.8 Å². The molecule has 3 aromatic heterocycles. The van der Waals surface area contributed by atoms with Crippen molar-refractivity contribution >= 4 is 45.6 Å². The predicted molar refractivity (Wildman–Crippen MR) is 140 cm³/mol. The quantitative estimate of drug-likeness (QED) is 0.325. The maximum Gasteiger partial charge on any atom is 0.229 e. The number of nitrogens with zero attached hydrogens (tertiary/aromatic N) is 4. The van der Waals surface area contributed by atoms with E-state index in [4.69, 9.17) is 11.6 Å². The Morgan fingerprint density at radius 1 is 1.08 bits per heavy atom. The molecule has 6 rings (SSSR count). The second-order valence-electron chi connectivity index (χ2n) is 9.46. The molecule has 8 nitrogen and oxygen atoms in total. The summed E-state index contributed by atoms with van der Waals surface area (Å²) in [6.07, 6.45) is 8.93. The first kappa shape index (κ1) is 23.1. The third-order valence-electron chi connectivity index (χ3n) is 6.64. The average Bonchev–Trinajstić information content (AvgIpc) is 3.78. The first-order valence-electron chi connectivity index (χ1n) is 11.9. The second kappa shape index (κ2) is 9.29. The number of amides is 1. The van der Waals surface area contributed by atoms with E-state index in [2.05, 4.69) is 42.2 Å². The van der Waals surface area contributed by atoms with Gasteiger partial charge in [-0.3, -0.25) is 9.00 Å². The Bertz CT molecular complexity index is 1500. The minimum absolute atomic E-state index is 0.121. The van der Waals surface area contributed by atoms with Crippen molar-refractivity contribution < 1.29 is 9.00 Å². The van der Waals surface area contributed by atoms with Crippen LogP contribution >= 0.6 is 11.6 Å². The zero-order valence-corrected chi connectivity index (χ0v) is 21.2. The number of hydrogen-bond acceptors (Lipinski definition) is 6. The lowest BCUT2D eigenvalue weighted by molar-refractivity contribution is -0.117. The number of pyridine rings is 1. The second-order valence-corrected chi connectivity index (χ2v) is 11.2. The number of rotatable bonds is 8. The Hall–Kier alpha value is -3.30. The standard InChI is InChI=1S/C26H25ClN6O2S/c1-36(35)26-31-22(28-12-19-14-33-13-17(15-5-6-15)7-8-24(33)29-19)11-23(32-26)30-25(34)21-10-20(21)16-3-2-4-18(27)9-16/h2-4,7-9,11,13-15,20-21H,5-6,10,12H2,1H3,(H2,28,30,31,32,34)/t20-,21+,36?/m1/s1. The van der Waals surface area contributed by atoms with Crippen LogP contribution in [0.3, 0.4) is 0 Å². The summed E-state index contributed by atoms with van der Waals surface area (Å²) in [6.45, 7) is 0.431. The van der Waals surface area contributed by atoms with E-state index in [0.29, 0.717) is 29.1 Å². The van der Waals surface area contributed by atoms with Gasteiger partial charge in [0.15, 0.2) is 0 Å². The number of nitrogens with one attached hydrogen (secondary N) is 2. The molecule has 2 aliphatic rings. The highest BCUT2D eigenvalue weighted by atomic mass is 35.5. The van der Waals surface area contributed by atoms with Gasteiger partial charge in [0, 0.05) is 35.7 Å². The van der Waals surface area contributed by atoms with Gasteiger partial charge in [0.2, 0.25) is 11.1 Å².